The van der Waals surface area contributed by atoms with E-state index in [-0.39, 0.29) is 11.9 Å². The molecule has 1 aliphatic carbocycles. The van der Waals surface area contributed by atoms with E-state index < -0.39 is 0 Å². The monoisotopic (exact) mass is 198 g/mol. The van der Waals surface area contributed by atoms with Crippen molar-refractivity contribution in [3.8, 4) is 0 Å². The van der Waals surface area contributed by atoms with E-state index in [1.807, 2.05) is 13.8 Å². The fourth-order valence-corrected chi connectivity index (χ4v) is 1.34. The Kier molecular flexibility index (Phi) is 4.39. The maximum absolute atomic E-state index is 11.4. The highest BCUT2D eigenvalue weighted by Crippen LogP contribution is 2.31. The molecular formula is C11H22N2O. The lowest BCUT2D eigenvalue weighted by atomic mass is 10.0. The van der Waals surface area contributed by atoms with E-state index in [1.165, 1.54) is 12.8 Å². The van der Waals surface area contributed by atoms with Gasteiger partial charge in [0.2, 0.25) is 5.91 Å². The standard InChI is InChI=1S/C11H22N2O/c1-8(2)10(12)7-11(14)13-6-5-9-3-4-9/h8-10H,3-7,12H2,1-2H3,(H,13,14). The van der Waals surface area contributed by atoms with Gasteiger partial charge >= 0.3 is 0 Å². The van der Waals surface area contributed by atoms with Gasteiger partial charge in [0.05, 0.1) is 0 Å². The van der Waals surface area contributed by atoms with Gasteiger partial charge in [-0.3, -0.25) is 4.79 Å². The zero-order valence-corrected chi connectivity index (χ0v) is 9.25. The first kappa shape index (κ1) is 11.5. The number of nitrogens with two attached hydrogens (primary N) is 1. The number of carbonyl (C=O) groups excluding carboxylic acids is 1. The Bertz CT molecular complexity index is 188. The smallest absolute Gasteiger partial charge is 0.221 e. The van der Waals surface area contributed by atoms with Gasteiger partial charge in [-0.15, -0.1) is 0 Å². The van der Waals surface area contributed by atoms with Crippen molar-refractivity contribution in [2.24, 2.45) is 17.6 Å². The van der Waals surface area contributed by atoms with Gasteiger partial charge in [0.15, 0.2) is 0 Å². The Morgan fingerprint density at radius 3 is 2.64 bits per heavy atom. The van der Waals surface area contributed by atoms with Crippen molar-refractivity contribution in [2.45, 2.75) is 45.6 Å². The van der Waals surface area contributed by atoms with Crippen molar-refractivity contribution >= 4 is 5.91 Å². The zero-order valence-electron chi connectivity index (χ0n) is 9.25. The summed E-state index contributed by atoms with van der Waals surface area (Å²) in [7, 11) is 0. The Labute approximate surface area is 86.4 Å². The third-order valence-electron chi connectivity index (χ3n) is 2.85. The molecule has 14 heavy (non-hydrogen) atoms. The Hall–Kier alpha value is -0.570. The molecule has 1 atom stereocenters. The predicted octanol–water partition coefficient (Wildman–Crippen LogP) is 1.28. The number of hydrogen-bond donors (Lipinski definition) is 2. The lowest BCUT2D eigenvalue weighted by Crippen LogP contribution is -2.35. The van der Waals surface area contributed by atoms with Crippen LogP contribution in [-0.4, -0.2) is 18.5 Å². The summed E-state index contributed by atoms with van der Waals surface area (Å²) in [6, 6.07) is -0.00377. The first-order chi connectivity index (χ1) is 6.59. The first-order valence-corrected chi connectivity index (χ1v) is 5.62. The molecule has 1 aliphatic rings. The fraction of sp³-hybridized carbons (Fsp3) is 0.909. The van der Waals surface area contributed by atoms with Crippen LogP contribution in [0.4, 0.5) is 0 Å². The number of amides is 1. The summed E-state index contributed by atoms with van der Waals surface area (Å²) < 4.78 is 0. The molecular weight excluding hydrogens is 176 g/mol. The Morgan fingerprint density at radius 1 is 1.50 bits per heavy atom. The molecule has 1 rings (SSSR count). The molecule has 3 nitrogen and oxygen atoms in total. The maximum atomic E-state index is 11.4. The second-order valence-electron chi connectivity index (χ2n) is 4.69. The maximum Gasteiger partial charge on any atom is 0.221 e. The molecule has 0 radical (unpaired) electrons. The number of rotatable bonds is 6. The molecule has 0 bridgehead atoms. The molecule has 82 valence electrons. The van der Waals surface area contributed by atoms with E-state index in [0.717, 1.165) is 18.9 Å². The van der Waals surface area contributed by atoms with Crippen LogP contribution in [0.5, 0.6) is 0 Å². The van der Waals surface area contributed by atoms with Crippen LogP contribution < -0.4 is 11.1 Å². The van der Waals surface area contributed by atoms with Crippen molar-refractivity contribution in [1.82, 2.24) is 5.32 Å². The topological polar surface area (TPSA) is 55.1 Å². The van der Waals surface area contributed by atoms with E-state index in [2.05, 4.69) is 5.32 Å². The summed E-state index contributed by atoms with van der Waals surface area (Å²) in [6.07, 6.45) is 4.30. The van der Waals surface area contributed by atoms with Crippen LogP contribution in [0, 0.1) is 11.8 Å². The molecule has 0 aliphatic heterocycles. The van der Waals surface area contributed by atoms with Crippen molar-refractivity contribution in [2.75, 3.05) is 6.54 Å². The fourth-order valence-electron chi connectivity index (χ4n) is 1.34. The molecule has 1 fully saturated rings. The zero-order chi connectivity index (χ0) is 10.6. The van der Waals surface area contributed by atoms with Gasteiger partial charge < -0.3 is 11.1 Å². The van der Waals surface area contributed by atoms with Crippen LogP contribution in [0.3, 0.4) is 0 Å². The minimum absolute atomic E-state index is 0.00377. The van der Waals surface area contributed by atoms with Crippen molar-refractivity contribution in [3.63, 3.8) is 0 Å². The molecule has 0 saturated heterocycles. The van der Waals surface area contributed by atoms with E-state index in [0.29, 0.717) is 12.3 Å². The highest BCUT2D eigenvalue weighted by atomic mass is 16.1. The van der Waals surface area contributed by atoms with Gasteiger partial charge in [-0.2, -0.15) is 0 Å². The van der Waals surface area contributed by atoms with Gasteiger partial charge in [0.1, 0.15) is 0 Å². The largest absolute Gasteiger partial charge is 0.356 e. The molecule has 0 aromatic carbocycles. The van der Waals surface area contributed by atoms with Crippen LogP contribution in [0.25, 0.3) is 0 Å². The average Bonchev–Trinajstić information content (AvgIpc) is 2.87. The molecule has 0 aromatic heterocycles. The summed E-state index contributed by atoms with van der Waals surface area (Å²) in [5.74, 6) is 1.37. The lowest BCUT2D eigenvalue weighted by molar-refractivity contribution is -0.121. The van der Waals surface area contributed by atoms with Crippen molar-refractivity contribution in [3.05, 3.63) is 0 Å². The predicted molar refractivity (Wildman–Crippen MR) is 57.8 cm³/mol. The van der Waals surface area contributed by atoms with E-state index >= 15 is 0 Å². The van der Waals surface area contributed by atoms with Crippen LogP contribution in [0.2, 0.25) is 0 Å². The second-order valence-corrected chi connectivity index (χ2v) is 4.69. The molecule has 0 spiro atoms. The van der Waals surface area contributed by atoms with Crippen LogP contribution in [0.1, 0.15) is 39.5 Å². The minimum Gasteiger partial charge on any atom is -0.356 e. The quantitative estimate of drug-likeness (QED) is 0.675. The SMILES string of the molecule is CC(C)C(N)CC(=O)NCCC1CC1. The highest BCUT2D eigenvalue weighted by molar-refractivity contribution is 5.76. The van der Waals surface area contributed by atoms with E-state index in [9.17, 15) is 4.79 Å². The molecule has 1 amide bonds. The highest BCUT2D eigenvalue weighted by Gasteiger charge is 2.20. The normalized spacial score (nSPS) is 18.3. The lowest BCUT2D eigenvalue weighted by Gasteiger charge is -2.14. The van der Waals surface area contributed by atoms with E-state index in [4.69, 9.17) is 5.73 Å². The molecule has 1 unspecified atom stereocenters. The van der Waals surface area contributed by atoms with Gasteiger partial charge in [0, 0.05) is 19.0 Å². The van der Waals surface area contributed by atoms with Crippen LogP contribution in [0.15, 0.2) is 0 Å². The van der Waals surface area contributed by atoms with Gasteiger partial charge in [0.25, 0.3) is 0 Å². The molecule has 0 heterocycles. The third-order valence-corrected chi connectivity index (χ3v) is 2.85. The molecule has 3 heteroatoms. The molecule has 0 aromatic rings. The molecule has 1 saturated carbocycles. The Morgan fingerprint density at radius 2 is 2.14 bits per heavy atom. The number of hydrogen-bond acceptors (Lipinski definition) is 2. The summed E-state index contributed by atoms with van der Waals surface area (Å²) in [6.45, 7) is 4.92. The average molecular weight is 198 g/mol. The summed E-state index contributed by atoms with van der Waals surface area (Å²) in [4.78, 5) is 11.4. The Balaban J connectivity index is 2.02. The summed E-state index contributed by atoms with van der Waals surface area (Å²) in [5.41, 5.74) is 5.80. The van der Waals surface area contributed by atoms with Crippen LogP contribution in [-0.2, 0) is 4.79 Å². The first-order valence-electron chi connectivity index (χ1n) is 5.62. The van der Waals surface area contributed by atoms with Gasteiger partial charge in [-0.25, -0.2) is 0 Å². The number of nitrogens with one attached hydrogen (secondary N) is 1. The van der Waals surface area contributed by atoms with Crippen molar-refractivity contribution < 1.29 is 4.79 Å². The summed E-state index contributed by atoms with van der Waals surface area (Å²) >= 11 is 0. The second kappa shape index (κ2) is 5.35. The van der Waals surface area contributed by atoms with Gasteiger partial charge in [-0.1, -0.05) is 26.7 Å². The minimum atomic E-state index is -0.00377. The molecule has 3 N–H and O–H groups in total. The summed E-state index contributed by atoms with van der Waals surface area (Å²) in [5, 5.41) is 2.92. The van der Waals surface area contributed by atoms with E-state index in [1.54, 1.807) is 0 Å². The third kappa shape index (κ3) is 4.61. The van der Waals surface area contributed by atoms with Gasteiger partial charge in [-0.05, 0) is 18.3 Å². The number of carbonyl (C=O) groups is 1. The van der Waals surface area contributed by atoms with Crippen molar-refractivity contribution in [1.29, 1.82) is 0 Å². The van der Waals surface area contributed by atoms with Crippen LogP contribution >= 0.6 is 0 Å².